The van der Waals surface area contributed by atoms with Gasteiger partial charge in [-0.25, -0.2) is 0 Å². The van der Waals surface area contributed by atoms with E-state index in [9.17, 15) is 0 Å². The van der Waals surface area contributed by atoms with Crippen molar-refractivity contribution in [3.8, 4) is 33.4 Å². The van der Waals surface area contributed by atoms with Gasteiger partial charge in [-0.3, -0.25) is 0 Å². The van der Waals surface area contributed by atoms with Crippen LogP contribution in [0.2, 0.25) is 0 Å². The third kappa shape index (κ3) is 6.67. The van der Waals surface area contributed by atoms with E-state index < -0.39 is 0 Å². The first-order valence-electron chi connectivity index (χ1n) is 23.3. The third-order valence-corrected chi connectivity index (χ3v) is 14.0. The van der Waals surface area contributed by atoms with Crippen molar-refractivity contribution in [2.75, 3.05) is 0 Å². The van der Waals surface area contributed by atoms with Crippen LogP contribution in [0.4, 0.5) is 0 Å². The summed E-state index contributed by atoms with van der Waals surface area (Å²) in [6.45, 7) is 13.7. The van der Waals surface area contributed by atoms with E-state index in [-0.39, 0.29) is 0 Å². The van der Waals surface area contributed by atoms with Crippen LogP contribution in [0.3, 0.4) is 0 Å². The van der Waals surface area contributed by atoms with E-state index in [1.165, 1.54) is 136 Å². The van der Waals surface area contributed by atoms with Gasteiger partial charge in [0.2, 0.25) is 0 Å². The molecule has 13 rings (SSSR count). The first-order valence-corrected chi connectivity index (χ1v) is 23.3. The van der Waals surface area contributed by atoms with Gasteiger partial charge in [-0.15, -0.1) is 0 Å². The molecule has 0 unspecified atom stereocenters. The van der Waals surface area contributed by atoms with Gasteiger partial charge < -0.3 is 0 Å². The van der Waals surface area contributed by atoms with Gasteiger partial charge in [0.1, 0.15) is 0 Å². The lowest BCUT2D eigenvalue weighted by Gasteiger charge is -2.19. The SMILES string of the molecule is C=C/C=C\C(=C\C=C(C)C)C(=C)C.c1cc2ccc3ccc(-c4cc(-c5ccc6ccc7cccc8ccc5c6c78)cc(-c5ccc6ccc7cccc8ccc5c6c78)c4)c4ccc(c1)c2c34. The van der Waals surface area contributed by atoms with E-state index in [1.54, 1.807) is 6.08 Å². The molecule has 13 aromatic rings. The summed E-state index contributed by atoms with van der Waals surface area (Å²) in [4.78, 5) is 0. The summed E-state index contributed by atoms with van der Waals surface area (Å²) < 4.78 is 0. The van der Waals surface area contributed by atoms with Gasteiger partial charge in [0.25, 0.3) is 0 Å². The first-order chi connectivity index (χ1) is 32.8. The molecule has 0 amide bonds. The fourth-order valence-corrected chi connectivity index (χ4v) is 10.8. The molecule has 0 aromatic heterocycles. The van der Waals surface area contributed by atoms with E-state index in [2.05, 4.69) is 221 Å². The first kappa shape index (κ1) is 40.2. The van der Waals surface area contributed by atoms with Crippen molar-refractivity contribution in [1.29, 1.82) is 0 Å². The largest absolute Gasteiger partial charge is 0.0991 e. The van der Waals surface area contributed by atoms with Crippen LogP contribution in [0.1, 0.15) is 20.8 Å². The van der Waals surface area contributed by atoms with Crippen LogP contribution in [0, 0.1) is 0 Å². The van der Waals surface area contributed by atoms with Gasteiger partial charge >= 0.3 is 0 Å². The number of allylic oxidation sites excluding steroid dienone is 8. The molecule has 0 aliphatic rings. The second kappa shape index (κ2) is 16.0. The summed E-state index contributed by atoms with van der Waals surface area (Å²) in [5.74, 6) is 0. The molecule has 0 atom stereocenters. The molecule has 0 saturated heterocycles. The Bertz CT molecular complexity index is 3750. The van der Waals surface area contributed by atoms with E-state index in [0.717, 1.165) is 11.1 Å². The molecule has 316 valence electrons. The molecule has 13 aromatic carbocycles. The van der Waals surface area contributed by atoms with Crippen molar-refractivity contribution in [1.82, 2.24) is 0 Å². The average Bonchev–Trinajstić information content (AvgIpc) is 3.36. The Morgan fingerprint density at radius 3 is 0.955 bits per heavy atom. The monoisotopic (exact) mass is 852 g/mol. The van der Waals surface area contributed by atoms with Crippen molar-refractivity contribution in [2.24, 2.45) is 0 Å². The van der Waals surface area contributed by atoms with E-state index >= 15 is 0 Å². The lowest BCUT2D eigenvalue weighted by atomic mass is 9.85. The van der Waals surface area contributed by atoms with Crippen molar-refractivity contribution in [2.45, 2.75) is 20.8 Å². The summed E-state index contributed by atoms with van der Waals surface area (Å²) in [7, 11) is 0. The predicted molar refractivity (Wildman–Crippen MR) is 296 cm³/mol. The van der Waals surface area contributed by atoms with E-state index in [4.69, 9.17) is 0 Å². The molecule has 0 bridgehead atoms. The van der Waals surface area contributed by atoms with Crippen molar-refractivity contribution >= 4 is 97.0 Å². The maximum atomic E-state index is 3.90. The summed E-state index contributed by atoms with van der Waals surface area (Å²) in [5.41, 5.74) is 11.0. The Morgan fingerprint density at radius 2 is 0.657 bits per heavy atom. The molecule has 0 N–H and O–H groups in total. The molecule has 0 aliphatic carbocycles. The molecule has 67 heavy (non-hydrogen) atoms. The standard InChI is InChI=1S/C54H30.C13H18/c1-4-31-10-13-37-16-22-43(46-25-19-34(7-1)49(31)52(37)46)40-28-41(44-23-17-38-14-11-32-5-2-8-35-20-26-47(44)53(38)50(32)35)30-42(29-40)45-24-18-39-15-12-33-6-3-9-36-21-27-48(45)54(39)51(33)36;1-6-7-8-13(12(4)5)10-9-11(2)3/h1-30H;6-10H,1,4H2,2-3,5H3/b;8-7-,13-10-. The maximum absolute atomic E-state index is 3.90. The Hall–Kier alpha value is -8.32. The highest BCUT2D eigenvalue weighted by atomic mass is 14.2. The van der Waals surface area contributed by atoms with E-state index in [0.29, 0.717) is 0 Å². The van der Waals surface area contributed by atoms with Crippen LogP contribution in [-0.4, -0.2) is 0 Å². The quantitative estimate of drug-likeness (QED) is 0.111. The fourth-order valence-electron chi connectivity index (χ4n) is 10.8. The second-order valence-electron chi connectivity index (χ2n) is 18.4. The third-order valence-electron chi connectivity index (χ3n) is 14.0. The Labute approximate surface area is 391 Å². The van der Waals surface area contributed by atoms with Gasteiger partial charge in [0.15, 0.2) is 0 Å². The number of hydrogen-bond acceptors (Lipinski definition) is 0. The zero-order valence-electron chi connectivity index (χ0n) is 38.1. The topological polar surface area (TPSA) is 0 Å². The molecule has 0 nitrogen and oxygen atoms in total. The second-order valence-corrected chi connectivity index (χ2v) is 18.4. The zero-order chi connectivity index (χ0) is 45.3. The van der Waals surface area contributed by atoms with Crippen LogP contribution < -0.4 is 0 Å². The van der Waals surface area contributed by atoms with Crippen LogP contribution in [-0.2, 0) is 0 Å². The minimum absolute atomic E-state index is 1.07. The lowest BCUT2D eigenvalue weighted by Crippen LogP contribution is -1.92. The van der Waals surface area contributed by atoms with Crippen molar-refractivity contribution in [3.05, 3.63) is 242 Å². The van der Waals surface area contributed by atoms with Gasteiger partial charge in [-0.05, 0) is 175 Å². The molecule has 0 aliphatic heterocycles. The van der Waals surface area contributed by atoms with Crippen LogP contribution in [0.5, 0.6) is 0 Å². The van der Waals surface area contributed by atoms with Crippen LogP contribution >= 0.6 is 0 Å². The number of hydrogen-bond donors (Lipinski definition) is 0. The summed E-state index contributed by atoms with van der Waals surface area (Å²) in [6.07, 6.45) is 9.84. The molecule has 0 heteroatoms. The van der Waals surface area contributed by atoms with Crippen molar-refractivity contribution in [3.63, 3.8) is 0 Å². The predicted octanol–water partition coefficient (Wildman–Crippen LogP) is 19.6. The molecular weight excluding hydrogens is 805 g/mol. The molecule has 0 spiro atoms. The van der Waals surface area contributed by atoms with Gasteiger partial charge in [0.05, 0.1) is 0 Å². The molecule has 0 radical (unpaired) electrons. The number of rotatable bonds is 7. The Kier molecular flexibility index (Phi) is 9.59. The zero-order valence-corrected chi connectivity index (χ0v) is 38.1. The normalized spacial score (nSPS) is 12.3. The highest BCUT2D eigenvalue weighted by Crippen LogP contribution is 2.46. The van der Waals surface area contributed by atoms with Gasteiger partial charge in [-0.2, -0.15) is 0 Å². The summed E-state index contributed by atoms with van der Waals surface area (Å²) >= 11 is 0. The molecular formula is C67H48. The maximum Gasteiger partial charge on any atom is -0.00206 e. The van der Waals surface area contributed by atoms with E-state index in [1.807, 2.05) is 19.1 Å². The highest BCUT2D eigenvalue weighted by Gasteiger charge is 2.19. The van der Waals surface area contributed by atoms with Gasteiger partial charge in [0, 0.05) is 0 Å². The Morgan fingerprint density at radius 1 is 0.358 bits per heavy atom. The molecule has 0 fully saturated rings. The smallest absolute Gasteiger partial charge is 0.00206 e. The highest BCUT2D eigenvalue weighted by molar-refractivity contribution is 6.28. The van der Waals surface area contributed by atoms with Gasteiger partial charge in [-0.1, -0.05) is 218 Å². The minimum Gasteiger partial charge on any atom is -0.0991 e. The van der Waals surface area contributed by atoms with Crippen LogP contribution in [0.25, 0.3) is 130 Å². The Balaban J connectivity index is 0.000000318. The fraction of sp³-hybridized carbons (Fsp3) is 0.0448. The van der Waals surface area contributed by atoms with Crippen molar-refractivity contribution < 1.29 is 0 Å². The van der Waals surface area contributed by atoms with Crippen LogP contribution in [0.15, 0.2) is 242 Å². The lowest BCUT2D eigenvalue weighted by molar-refractivity contribution is 1.38. The number of benzene rings is 13. The summed E-state index contributed by atoms with van der Waals surface area (Å²) in [6, 6.07) is 68.9. The molecule has 0 saturated carbocycles. The minimum atomic E-state index is 1.07. The molecule has 0 heterocycles. The average molecular weight is 853 g/mol. The summed E-state index contributed by atoms with van der Waals surface area (Å²) in [5, 5.41) is 23.6.